The molecule has 2 aromatic heterocycles. The van der Waals surface area contributed by atoms with E-state index in [1.54, 1.807) is 35.4 Å². The lowest BCUT2D eigenvalue weighted by Crippen LogP contribution is -2.48. The van der Waals surface area contributed by atoms with Gasteiger partial charge in [0.1, 0.15) is 5.52 Å². The Hall–Kier alpha value is -4.21. The molecule has 0 radical (unpaired) electrons. The van der Waals surface area contributed by atoms with Gasteiger partial charge in [-0.15, -0.1) is 0 Å². The SMILES string of the molecule is Cc1cnc2c(NC(=O)N3c4nc(-c5cccc(C(F)(F)F)c5)ccc4N4CCC3C4)cccc2n1. The highest BCUT2D eigenvalue weighted by Gasteiger charge is 2.40. The summed E-state index contributed by atoms with van der Waals surface area (Å²) in [4.78, 5) is 31.0. The van der Waals surface area contributed by atoms with Crippen molar-refractivity contribution in [1.82, 2.24) is 15.0 Å². The topological polar surface area (TPSA) is 74.2 Å². The molecule has 4 aromatic rings. The van der Waals surface area contributed by atoms with Crippen molar-refractivity contribution in [2.75, 3.05) is 28.2 Å². The van der Waals surface area contributed by atoms with Gasteiger partial charge in [-0.2, -0.15) is 13.2 Å². The van der Waals surface area contributed by atoms with Gasteiger partial charge in [-0.05, 0) is 49.7 Å². The summed E-state index contributed by atoms with van der Waals surface area (Å²) >= 11 is 0. The predicted molar refractivity (Wildman–Crippen MR) is 131 cm³/mol. The minimum absolute atomic E-state index is 0.106. The van der Waals surface area contributed by atoms with E-state index in [9.17, 15) is 18.0 Å². The number of fused-ring (bicyclic) bond motifs is 5. The number of pyridine rings is 1. The van der Waals surface area contributed by atoms with Gasteiger partial charge in [0.15, 0.2) is 5.82 Å². The van der Waals surface area contributed by atoms with E-state index in [1.165, 1.54) is 6.07 Å². The maximum absolute atomic E-state index is 13.6. The molecule has 10 heteroatoms. The molecule has 0 saturated carbocycles. The molecule has 2 aliphatic heterocycles. The molecule has 4 heterocycles. The molecule has 0 aliphatic carbocycles. The highest BCUT2D eigenvalue weighted by atomic mass is 19.4. The molecule has 0 spiro atoms. The predicted octanol–water partition coefficient (Wildman–Crippen LogP) is 5.65. The summed E-state index contributed by atoms with van der Waals surface area (Å²) in [5, 5.41) is 2.96. The average molecular weight is 490 g/mol. The summed E-state index contributed by atoms with van der Waals surface area (Å²) in [6, 6.07) is 13.5. The molecule has 182 valence electrons. The number of halogens is 3. The van der Waals surface area contributed by atoms with Crippen LogP contribution in [0.2, 0.25) is 0 Å². The monoisotopic (exact) mass is 490 g/mol. The fraction of sp³-hybridized carbons (Fsp3) is 0.231. The van der Waals surface area contributed by atoms with Gasteiger partial charge >= 0.3 is 12.2 Å². The highest BCUT2D eigenvalue weighted by Crippen LogP contribution is 2.41. The summed E-state index contributed by atoms with van der Waals surface area (Å²) in [5.41, 5.74) is 3.28. The summed E-state index contributed by atoms with van der Waals surface area (Å²) < 4.78 is 39.8. The fourth-order valence-electron chi connectivity index (χ4n) is 4.90. The normalized spacial score (nSPS) is 16.8. The molecule has 1 fully saturated rings. The van der Waals surface area contributed by atoms with E-state index in [0.29, 0.717) is 40.3 Å². The molecule has 1 saturated heterocycles. The van der Waals surface area contributed by atoms with Gasteiger partial charge in [0.2, 0.25) is 0 Å². The molecule has 1 unspecified atom stereocenters. The van der Waals surface area contributed by atoms with Crippen LogP contribution in [0.15, 0.2) is 60.8 Å². The van der Waals surface area contributed by atoms with Gasteiger partial charge in [0.25, 0.3) is 0 Å². The Morgan fingerprint density at radius 3 is 2.75 bits per heavy atom. The lowest BCUT2D eigenvalue weighted by molar-refractivity contribution is -0.137. The summed E-state index contributed by atoms with van der Waals surface area (Å²) in [5.74, 6) is 0.429. The molecule has 1 N–H and O–H groups in total. The van der Waals surface area contributed by atoms with Gasteiger partial charge in [0.05, 0.1) is 39.9 Å². The minimum Gasteiger partial charge on any atom is -0.366 e. The van der Waals surface area contributed by atoms with Crippen molar-refractivity contribution in [1.29, 1.82) is 0 Å². The molecular weight excluding hydrogens is 469 g/mol. The lowest BCUT2D eigenvalue weighted by atomic mass is 10.1. The number of aromatic nitrogens is 3. The molecule has 2 aromatic carbocycles. The largest absolute Gasteiger partial charge is 0.416 e. The maximum Gasteiger partial charge on any atom is 0.416 e. The van der Waals surface area contributed by atoms with Crippen LogP contribution < -0.4 is 15.1 Å². The van der Waals surface area contributed by atoms with E-state index >= 15 is 0 Å². The number of carbonyl (C=O) groups is 1. The van der Waals surface area contributed by atoms with Crippen LogP contribution in [0.25, 0.3) is 22.3 Å². The second kappa shape index (κ2) is 8.18. The van der Waals surface area contributed by atoms with Crippen LogP contribution in [0.3, 0.4) is 0 Å². The molecule has 1 atom stereocenters. The van der Waals surface area contributed by atoms with E-state index in [4.69, 9.17) is 4.98 Å². The Morgan fingerprint density at radius 2 is 1.92 bits per heavy atom. The second-order valence-corrected chi connectivity index (χ2v) is 8.99. The number of hydrogen-bond acceptors (Lipinski definition) is 5. The zero-order valence-electron chi connectivity index (χ0n) is 19.3. The van der Waals surface area contributed by atoms with Crippen molar-refractivity contribution < 1.29 is 18.0 Å². The van der Waals surface area contributed by atoms with E-state index in [0.717, 1.165) is 36.5 Å². The Kier molecular flexibility index (Phi) is 5.06. The smallest absolute Gasteiger partial charge is 0.366 e. The number of nitrogens with one attached hydrogen (secondary N) is 1. The average Bonchev–Trinajstić information content (AvgIpc) is 3.27. The third-order valence-electron chi connectivity index (χ3n) is 6.59. The summed E-state index contributed by atoms with van der Waals surface area (Å²) in [7, 11) is 0. The Morgan fingerprint density at radius 1 is 1.08 bits per heavy atom. The molecule has 36 heavy (non-hydrogen) atoms. The number of rotatable bonds is 2. The first-order chi connectivity index (χ1) is 17.3. The van der Waals surface area contributed by atoms with E-state index < -0.39 is 11.7 Å². The van der Waals surface area contributed by atoms with Crippen LogP contribution in [-0.2, 0) is 6.18 Å². The summed E-state index contributed by atoms with van der Waals surface area (Å²) in [6.45, 7) is 3.28. The van der Waals surface area contributed by atoms with Gasteiger partial charge < -0.3 is 10.2 Å². The van der Waals surface area contributed by atoms with Crippen LogP contribution >= 0.6 is 0 Å². The zero-order valence-corrected chi connectivity index (χ0v) is 19.3. The van der Waals surface area contributed by atoms with Gasteiger partial charge in [-0.3, -0.25) is 9.88 Å². The molecule has 6 rings (SSSR count). The van der Waals surface area contributed by atoms with E-state index in [2.05, 4.69) is 20.2 Å². The number of alkyl halides is 3. The Balaban J connectivity index is 1.39. The van der Waals surface area contributed by atoms with Crippen molar-refractivity contribution in [2.24, 2.45) is 0 Å². The Labute approximate surface area is 204 Å². The molecule has 2 bridgehead atoms. The third kappa shape index (κ3) is 3.78. The quantitative estimate of drug-likeness (QED) is 0.393. The third-order valence-corrected chi connectivity index (χ3v) is 6.59. The standard InChI is InChI=1S/C26H21F3N6O/c1-15-13-30-23-20(31-15)6-3-7-21(23)33-25(36)35-18-10-11-34(14-18)22-9-8-19(32-24(22)35)16-4-2-5-17(12-16)26(27,28)29/h2-9,12-13,18H,10-11,14H2,1H3,(H,33,36). The number of benzene rings is 2. The first-order valence-corrected chi connectivity index (χ1v) is 11.5. The number of nitrogens with zero attached hydrogens (tertiary/aromatic N) is 5. The minimum atomic E-state index is -4.46. The summed E-state index contributed by atoms with van der Waals surface area (Å²) in [6.07, 6.45) is -2.05. The lowest BCUT2D eigenvalue weighted by Gasteiger charge is -2.36. The van der Waals surface area contributed by atoms with Crippen LogP contribution in [0.1, 0.15) is 17.7 Å². The van der Waals surface area contributed by atoms with Crippen LogP contribution in [0.5, 0.6) is 0 Å². The van der Waals surface area contributed by atoms with Gasteiger partial charge in [-0.1, -0.05) is 18.2 Å². The number of urea groups is 1. The van der Waals surface area contributed by atoms with Crippen molar-refractivity contribution in [3.05, 3.63) is 72.1 Å². The number of amides is 2. The van der Waals surface area contributed by atoms with Gasteiger partial charge in [0, 0.05) is 24.8 Å². The number of carbonyl (C=O) groups excluding carboxylic acids is 1. The molecule has 7 nitrogen and oxygen atoms in total. The number of anilines is 3. The van der Waals surface area contributed by atoms with Crippen LogP contribution in [0.4, 0.5) is 35.2 Å². The maximum atomic E-state index is 13.6. The number of hydrogen-bond donors (Lipinski definition) is 1. The zero-order chi connectivity index (χ0) is 25.0. The fourth-order valence-corrected chi connectivity index (χ4v) is 4.90. The van der Waals surface area contributed by atoms with Crippen LogP contribution in [0, 0.1) is 6.92 Å². The van der Waals surface area contributed by atoms with Crippen molar-refractivity contribution in [3.8, 4) is 11.3 Å². The first-order valence-electron chi connectivity index (χ1n) is 11.5. The van der Waals surface area contributed by atoms with Gasteiger partial charge in [-0.25, -0.2) is 14.8 Å². The van der Waals surface area contributed by atoms with Crippen LogP contribution in [-0.4, -0.2) is 40.1 Å². The number of aryl methyl sites for hydroxylation is 1. The molecular formula is C26H21F3N6O. The first kappa shape index (κ1) is 22.3. The molecule has 2 amide bonds. The van der Waals surface area contributed by atoms with E-state index in [-0.39, 0.29) is 12.1 Å². The van der Waals surface area contributed by atoms with Crippen molar-refractivity contribution >= 4 is 34.3 Å². The van der Waals surface area contributed by atoms with E-state index in [1.807, 2.05) is 19.1 Å². The van der Waals surface area contributed by atoms with Crippen molar-refractivity contribution in [2.45, 2.75) is 25.6 Å². The Bertz CT molecular complexity index is 1510. The molecule has 2 aliphatic rings. The second-order valence-electron chi connectivity index (χ2n) is 8.99. The highest BCUT2D eigenvalue weighted by molar-refractivity contribution is 6.08. The number of para-hydroxylation sites is 1. The van der Waals surface area contributed by atoms with Crippen molar-refractivity contribution in [3.63, 3.8) is 0 Å².